The van der Waals surface area contributed by atoms with E-state index in [1.807, 2.05) is 0 Å². The number of nitrogens with one attached hydrogen (secondary N) is 2. The third-order valence-electron chi connectivity index (χ3n) is 2.54. The fraction of sp³-hybridized carbons (Fsp3) is 0.300. The molecule has 1 aromatic rings. The van der Waals surface area contributed by atoms with Gasteiger partial charge in [0.15, 0.2) is 0 Å². The van der Waals surface area contributed by atoms with Gasteiger partial charge in [-0.25, -0.2) is 17.5 Å². The van der Waals surface area contributed by atoms with Crippen LogP contribution in [0.25, 0.3) is 0 Å². The van der Waals surface area contributed by atoms with E-state index in [4.69, 9.17) is 5.73 Å². The number of carbonyl (C=O) groups is 1. The molecule has 8 heteroatoms. The number of benzene rings is 1. The molecule has 98 valence electrons. The molecule has 1 amide bonds. The van der Waals surface area contributed by atoms with Crippen molar-refractivity contribution in [2.45, 2.75) is 17.4 Å². The van der Waals surface area contributed by atoms with Gasteiger partial charge >= 0.3 is 0 Å². The van der Waals surface area contributed by atoms with Gasteiger partial charge in [0.1, 0.15) is 10.7 Å². The monoisotopic (exact) mass is 273 g/mol. The third kappa shape index (κ3) is 2.59. The minimum Gasteiger partial charge on any atom is -0.399 e. The zero-order valence-electron chi connectivity index (χ0n) is 9.31. The van der Waals surface area contributed by atoms with Gasteiger partial charge in [-0.05, 0) is 18.2 Å². The molecule has 18 heavy (non-hydrogen) atoms. The van der Waals surface area contributed by atoms with Crippen LogP contribution in [0.15, 0.2) is 23.1 Å². The average Bonchev–Trinajstić information content (AvgIpc) is 2.66. The van der Waals surface area contributed by atoms with Crippen LogP contribution in [-0.4, -0.2) is 26.9 Å². The van der Waals surface area contributed by atoms with Crippen LogP contribution >= 0.6 is 0 Å². The minimum absolute atomic E-state index is 0.0448. The molecule has 6 nitrogen and oxygen atoms in total. The van der Waals surface area contributed by atoms with Crippen LogP contribution in [0, 0.1) is 5.82 Å². The first kappa shape index (κ1) is 12.8. The fourth-order valence-electron chi connectivity index (χ4n) is 1.70. The molecule has 1 aromatic carbocycles. The molecule has 0 radical (unpaired) electrons. The molecule has 0 bridgehead atoms. The van der Waals surface area contributed by atoms with Gasteiger partial charge < -0.3 is 11.1 Å². The van der Waals surface area contributed by atoms with Crippen molar-refractivity contribution in [3.05, 3.63) is 24.0 Å². The van der Waals surface area contributed by atoms with Gasteiger partial charge in [0.05, 0.1) is 0 Å². The number of anilines is 1. The molecule has 1 saturated heterocycles. The molecule has 2 rings (SSSR count). The van der Waals surface area contributed by atoms with Crippen LogP contribution in [-0.2, 0) is 14.8 Å². The van der Waals surface area contributed by atoms with E-state index in [1.165, 1.54) is 6.07 Å². The zero-order chi connectivity index (χ0) is 13.3. The van der Waals surface area contributed by atoms with Crippen molar-refractivity contribution < 1.29 is 17.6 Å². The van der Waals surface area contributed by atoms with Crippen molar-refractivity contribution in [1.82, 2.24) is 10.0 Å². The summed E-state index contributed by atoms with van der Waals surface area (Å²) in [6.07, 6.45) is 0.0448. The van der Waals surface area contributed by atoms with Gasteiger partial charge in [-0.3, -0.25) is 4.79 Å². The Morgan fingerprint density at radius 2 is 2.17 bits per heavy atom. The number of amides is 1. The predicted octanol–water partition coefficient (Wildman–Crippen LogP) is -0.425. The predicted molar refractivity (Wildman–Crippen MR) is 62.5 cm³/mol. The van der Waals surface area contributed by atoms with Crippen molar-refractivity contribution in [2.24, 2.45) is 0 Å². The lowest BCUT2D eigenvalue weighted by Crippen LogP contribution is -2.36. The summed E-state index contributed by atoms with van der Waals surface area (Å²) < 4.78 is 39.6. The summed E-state index contributed by atoms with van der Waals surface area (Å²) >= 11 is 0. The van der Waals surface area contributed by atoms with Crippen LogP contribution < -0.4 is 15.8 Å². The Morgan fingerprint density at radius 3 is 2.78 bits per heavy atom. The maximum absolute atomic E-state index is 13.5. The molecule has 1 aliphatic rings. The van der Waals surface area contributed by atoms with Crippen LogP contribution in [0.4, 0.5) is 10.1 Å². The molecule has 0 aliphatic carbocycles. The first-order valence-electron chi connectivity index (χ1n) is 5.22. The van der Waals surface area contributed by atoms with Crippen LogP contribution in [0.2, 0.25) is 0 Å². The quantitative estimate of drug-likeness (QED) is 0.651. The highest BCUT2D eigenvalue weighted by Crippen LogP contribution is 2.18. The molecule has 0 saturated carbocycles. The number of hydrogen-bond acceptors (Lipinski definition) is 4. The highest BCUT2D eigenvalue weighted by molar-refractivity contribution is 7.89. The topological polar surface area (TPSA) is 101 Å². The van der Waals surface area contributed by atoms with E-state index >= 15 is 0 Å². The molecule has 1 heterocycles. The van der Waals surface area contributed by atoms with E-state index in [0.717, 1.165) is 12.1 Å². The van der Waals surface area contributed by atoms with Crippen LogP contribution in [0.5, 0.6) is 0 Å². The van der Waals surface area contributed by atoms with E-state index in [9.17, 15) is 17.6 Å². The summed E-state index contributed by atoms with van der Waals surface area (Å²) in [5.74, 6) is -1.12. The van der Waals surface area contributed by atoms with Crippen molar-refractivity contribution in [1.29, 1.82) is 0 Å². The normalized spacial score (nSPS) is 19.8. The SMILES string of the molecule is Nc1ccc(F)c(S(=O)(=O)NC2CNC(=O)C2)c1. The number of sulfonamides is 1. The molecule has 1 fully saturated rings. The number of hydrogen-bond donors (Lipinski definition) is 3. The Hall–Kier alpha value is -1.67. The fourth-order valence-corrected chi connectivity index (χ4v) is 3.05. The van der Waals surface area contributed by atoms with Crippen molar-refractivity contribution in [3.63, 3.8) is 0 Å². The van der Waals surface area contributed by atoms with Gasteiger partial charge in [-0.2, -0.15) is 0 Å². The second-order valence-corrected chi connectivity index (χ2v) is 5.70. The minimum atomic E-state index is -4.02. The molecular formula is C10H12FN3O3S. The number of nitrogens with two attached hydrogens (primary N) is 1. The van der Waals surface area contributed by atoms with Crippen molar-refractivity contribution in [2.75, 3.05) is 12.3 Å². The maximum Gasteiger partial charge on any atom is 0.243 e. The Kier molecular flexibility index (Phi) is 3.22. The largest absolute Gasteiger partial charge is 0.399 e. The first-order chi connectivity index (χ1) is 8.38. The maximum atomic E-state index is 13.5. The standard InChI is InChI=1S/C10H12FN3O3S/c11-8-2-1-6(12)3-9(8)18(16,17)14-7-4-10(15)13-5-7/h1-3,7,14H,4-5,12H2,(H,13,15). The van der Waals surface area contributed by atoms with E-state index in [2.05, 4.69) is 10.0 Å². The molecule has 1 aliphatic heterocycles. The molecule has 4 N–H and O–H groups in total. The summed E-state index contributed by atoms with van der Waals surface area (Å²) in [6, 6.07) is 2.74. The Labute approximate surface area is 103 Å². The smallest absolute Gasteiger partial charge is 0.243 e. The van der Waals surface area contributed by atoms with Crippen molar-refractivity contribution >= 4 is 21.6 Å². The second kappa shape index (κ2) is 4.54. The van der Waals surface area contributed by atoms with Gasteiger partial charge in [0.2, 0.25) is 15.9 Å². The van der Waals surface area contributed by atoms with Gasteiger partial charge in [0, 0.05) is 24.7 Å². The Balaban J connectivity index is 2.25. The number of carbonyl (C=O) groups excluding carboxylic acids is 1. The Morgan fingerprint density at radius 1 is 1.44 bits per heavy atom. The van der Waals surface area contributed by atoms with Crippen LogP contribution in [0.1, 0.15) is 6.42 Å². The van der Waals surface area contributed by atoms with Gasteiger partial charge in [0.25, 0.3) is 0 Å². The number of nitrogen functional groups attached to an aromatic ring is 1. The van der Waals surface area contributed by atoms with E-state index in [0.29, 0.717) is 0 Å². The molecule has 1 unspecified atom stereocenters. The van der Waals surface area contributed by atoms with Crippen LogP contribution in [0.3, 0.4) is 0 Å². The van der Waals surface area contributed by atoms with E-state index in [1.54, 1.807) is 0 Å². The highest BCUT2D eigenvalue weighted by atomic mass is 32.2. The Bertz CT molecular complexity index is 588. The molecule has 0 aromatic heterocycles. The lowest BCUT2D eigenvalue weighted by Gasteiger charge is -2.12. The van der Waals surface area contributed by atoms with Gasteiger partial charge in [-0.15, -0.1) is 0 Å². The van der Waals surface area contributed by atoms with Gasteiger partial charge in [-0.1, -0.05) is 0 Å². The molecule has 0 spiro atoms. The molecular weight excluding hydrogens is 261 g/mol. The number of halogens is 1. The summed E-state index contributed by atoms with van der Waals surface area (Å²) in [5.41, 5.74) is 5.58. The summed E-state index contributed by atoms with van der Waals surface area (Å²) in [4.78, 5) is 10.4. The summed E-state index contributed by atoms with van der Waals surface area (Å²) in [5, 5.41) is 2.49. The lowest BCUT2D eigenvalue weighted by molar-refractivity contribution is -0.119. The second-order valence-electron chi connectivity index (χ2n) is 4.02. The lowest BCUT2D eigenvalue weighted by atomic mass is 10.3. The zero-order valence-corrected chi connectivity index (χ0v) is 10.1. The first-order valence-corrected chi connectivity index (χ1v) is 6.71. The highest BCUT2D eigenvalue weighted by Gasteiger charge is 2.28. The summed E-state index contributed by atoms with van der Waals surface area (Å²) in [6.45, 7) is 0.196. The van der Waals surface area contributed by atoms with E-state index in [-0.39, 0.29) is 24.6 Å². The molecule has 1 atom stereocenters. The number of rotatable bonds is 3. The third-order valence-corrected chi connectivity index (χ3v) is 4.08. The summed E-state index contributed by atoms with van der Waals surface area (Å²) in [7, 11) is -4.02. The average molecular weight is 273 g/mol. The van der Waals surface area contributed by atoms with Crippen molar-refractivity contribution in [3.8, 4) is 0 Å². The van der Waals surface area contributed by atoms with E-state index < -0.39 is 26.8 Å².